The molecule has 0 spiro atoms. The van der Waals surface area contributed by atoms with Crippen molar-refractivity contribution in [1.82, 2.24) is 9.88 Å². The van der Waals surface area contributed by atoms with E-state index in [0.717, 1.165) is 11.3 Å². The van der Waals surface area contributed by atoms with Crippen LogP contribution < -0.4 is 5.73 Å². The molecule has 21 heavy (non-hydrogen) atoms. The van der Waals surface area contributed by atoms with Crippen LogP contribution in [-0.2, 0) is 17.8 Å². The van der Waals surface area contributed by atoms with Gasteiger partial charge < -0.3 is 10.6 Å². The van der Waals surface area contributed by atoms with Gasteiger partial charge in [-0.1, -0.05) is 30.3 Å². The van der Waals surface area contributed by atoms with Crippen LogP contribution in [0.5, 0.6) is 0 Å². The molecule has 0 bridgehead atoms. The van der Waals surface area contributed by atoms with Crippen LogP contribution in [0.15, 0.2) is 41.2 Å². The van der Waals surface area contributed by atoms with E-state index in [1.54, 1.807) is 17.5 Å². The zero-order chi connectivity index (χ0) is 13.7. The molecule has 1 amide bonds. The van der Waals surface area contributed by atoms with Crippen molar-refractivity contribution in [1.29, 1.82) is 0 Å². The Morgan fingerprint density at radius 2 is 2.00 bits per heavy atom. The Kier molecular flexibility index (Phi) is 9.21. The highest BCUT2D eigenvalue weighted by atomic mass is 35.5. The van der Waals surface area contributed by atoms with Crippen molar-refractivity contribution in [2.24, 2.45) is 5.73 Å². The molecule has 0 aliphatic heterocycles. The van der Waals surface area contributed by atoms with Crippen LogP contribution in [-0.4, -0.2) is 28.9 Å². The van der Waals surface area contributed by atoms with Gasteiger partial charge in [-0.3, -0.25) is 4.79 Å². The van der Waals surface area contributed by atoms with E-state index >= 15 is 0 Å². The van der Waals surface area contributed by atoms with Crippen LogP contribution in [0.4, 0.5) is 0 Å². The molecule has 1 unspecified atom stereocenters. The number of likely N-dealkylation sites (N-methyl/N-ethyl adjacent to an activating group) is 1. The number of rotatable bonds is 5. The Labute approximate surface area is 141 Å². The zero-order valence-corrected chi connectivity index (χ0v) is 14.1. The number of aromatic nitrogens is 1. The van der Waals surface area contributed by atoms with Gasteiger partial charge in [-0.25, -0.2) is 4.98 Å². The molecule has 0 saturated heterocycles. The summed E-state index contributed by atoms with van der Waals surface area (Å²) in [6.07, 6.45) is 0.557. The van der Waals surface area contributed by atoms with Crippen LogP contribution in [0.2, 0.25) is 0 Å². The molecule has 7 heteroatoms. The SMILES string of the molecule is CN(Cc1cscn1)C(=O)C(N)Cc1ccccc1.Cl.Cl. The minimum atomic E-state index is -0.508. The summed E-state index contributed by atoms with van der Waals surface area (Å²) in [5, 5.41) is 1.94. The van der Waals surface area contributed by atoms with Gasteiger partial charge in [0.1, 0.15) is 0 Å². The van der Waals surface area contributed by atoms with Crippen molar-refractivity contribution in [2.75, 3.05) is 7.05 Å². The predicted molar refractivity (Wildman–Crippen MR) is 91.2 cm³/mol. The van der Waals surface area contributed by atoms with Crippen molar-refractivity contribution in [2.45, 2.75) is 19.0 Å². The predicted octanol–water partition coefficient (Wildman–Crippen LogP) is 2.52. The molecule has 1 heterocycles. The highest BCUT2D eigenvalue weighted by Gasteiger charge is 2.18. The van der Waals surface area contributed by atoms with Gasteiger partial charge in [0, 0.05) is 12.4 Å². The Balaban J connectivity index is 0.00000200. The highest BCUT2D eigenvalue weighted by Crippen LogP contribution is 2.07. The molecular weight excluding hydrogens is 329 g/mol. The summed E-state index contributed by atoms with van der Waals surface area (Å²) >= 11 is 1.52. The quantitative estimate of drug-likeness (QED) is 0.903. The van der Waals surface area contributed by atoms with E-state index in [-0.39, 0.29) is 30.7 Å². The van der Waals surface area contributed by atoms with E-state index in [9.17, 15) is 4.79 Å². The van der Waals surface area contributed by atoms with Crippen LogP contribution in [0, 0.1) is 0 Å². The number of carbonyl (C=O) groups is 1. The number of nitrogens with zero attached hydrogens (tertiary/aromatic N) is 2. The lowest BCUT2D eigenvalue weighted by atomic mass is 10.1. The number of hydrogen-bond donors (Lipinski definition) is 1. The van der Waals surface area contributed by atoms with Crippen molar-refractivity contribution < 1.29 is 4.79 Å². The maximum atomic E-state index is 12.2. The molecule has 1 aromatic heterocycles. The first kappa shape index (κ1) is 19.9. The minimum absolute atomic E-state index is 0. The fourth-order valence-electron chi connectivity index (χ4n) is 1.87. The van der Waals surface area contributed by atoms with Gasteiger partial charge in [0.05, 0.1) is 23.8 Å². The fourth-order valence-corrected chi connectivity index (χ4v) is 2.42. The molecule has 1 atom stereocenters. The first-order valence-corrected chi connectivity index (χ1v) is 7.02. The third-order valence-corrected chi connectivity index (χ3v) is 3.51. The summed E-state index contributed by atoms with van der Waals surface area (Å²) < 4.78 is 0. The van der Waals surface area contributed by atoms with Crippen molar-refractivity contribution in [3.63, 3.8) is 0 Å². The lowest BCUT2D eigenvalue weighted by Crippen LogP contribution is -2.42. The Morgan fingerprint density at radius 1 is 1.33 bits per heavy atom. The number of thiazole rings is 1. The average molecular weight is 348 g/mol. The van der Waals surface area contributed by atoms with Gasteiger partial charge in [-0.15, -0.1) is 36.2 Å². The summed E-state index contributed by atoms with van der Waals surface area (Å²) in [6, 6.07) is 9.30. The van der Waals surface area contributed by atoms with Gasteiger partial charge in [-0.05, 0) is 12.0 Å². The molecule has 4 nitrogen and oxygen atoms in total. The summed E-state index contributed by atoms with van der Waals surface area (Å²) in [5.41, 5.74) is 9.70. The van der Waals surface area contributed by atoms with Crippen molar-refractivity contribution in [3.05, 3.63) is 52.5 Å². The van der Waals surface area contributed by atoms with E-state index in [0.29, 0.717) is 13.0 Å². The molecule has 2 aromatic rings. The molecular formula is C14H19Cl2N3OS. The topological polar surface area (TPSA) is 59.2 Å². The smallest absolute Gasteiger partial charge is 0.239 e. The number of nitrogens with two attached hydrogens (primary N) is 1. The second kappa shape index (κ2) is 9.73. The maximum Gasteiger partial charge on any atom is 0.239 e. The fraction of sp³-hybridized carbons (Fsp3) is 0.286. The van der Waals surface area contributed by atoms with E-state index in [1.807, 2.05) is 35.7 Å². The van der Waals surface area contributed by atoms with E-state index in [2.05, 4.69) is 4.98 Å². The van der Waals surface area contributed by atoms with Gasteiger partial charge in [0.15, 0.2) is 0 Å². The Morgan fingerprint density at radius 3 is 2.57 bits per heavy atom. The summed E-state index contributed by atoms with van der Waals surface area (Å²) in [4.78, 5) is 17.9. The second-order valence-electron chi connectivity index (χ2n) is 4.47. The molecule has 116 valence electrons. The first-order valence-electron chi connectivity index (χ1n) is 6.08. The van der Waals surface area contributed by atoms with Gasteiger partial charge in [-0.2, -0.15) is 0 Å². The van der Waals surface area contributed by atoms with Gasteiger partial charge in [0.25, 0.3) is 0 Å². The minimum Gasteiger partial charge on any atom is -0.338 e. The van der Waals surface area contributed by atoms with Crippen LogP contribution in [0.25, 0.3) is 0 Å². The molecule has 0 saturated carbocycles. The third kappa shape index (κ3) is 6.01. The maximum absolute atomic E-state index is 12.2. The molecule has 0 radical (unpaired) electrons. The second-order valence-corrected chi connectivity index (χ2v) is 5.19. The third-order valence-electron chi connectivity index (χ3n) is 2.87. The lowest BCUT2D eigenvalue weighted by molar-refractivity contribution is -0.131. The van der Waals surface area contributed by atoms with Crippen LogP contribution in [0.1, 0.15) is 11.3 Å². The molecule has 2 N–H and O–H groups in total. The molecule has 1 aromatic carbocycles. The van der Waals surface area contributed by atoms with Gasteiger partial charge in [0.2, 0.25) is 5.91 Å². The highest BCUT2D eigenvalue weighted by molar-refractivity contribution is 7.07. The summed E-state index contributed by atoms with van der Waals surface area (Å²) in [5.74, 6) is -0.0585. The van der Waals surface area contributed by atoms with E-state index in [4.69, 9.17) is 5.73 Å². The molecule has 0 aliphatic carbocycles. The number of halogens is 2. The number of hydrogen-bond acceptors (Lipinski definition) is 4. The number of benzene rings is 1. The van der Waals surface area contributed by atoms with E-state index in [1.165, 1.54) is 11.3 Å². The van der Waals surface area contributed by atoms with Gasteiger partial charge >= 0.3 is 0 Å². The van der Waals surface area contributed by atoms with Crippen LogP contribution in [0.3, 0.4) is 0 Å². The summed E-state index contributed by atoms with van der Waals surface area (Å²) in [7, 11) is 1.76. The van der Waals surface area contributed by atoms with E-state index < -0.39 is 6.04 Å². The summed E-state index contributed by atoms with van der Waals surface area (Å²) in [6.45, 7) is 0.505. The number of carbonyl (C=O) groups excluding carboxylic acids is 1. The number of amides is 1. The lowest BCUT2D eigenvalue weighted by Gasteiger charge is -2.20. The van der Waals surface area contributed by atoms with Crippen molar-refractivity contribution >= 4 is 42.1 Å². The normalized spacial score (nSPS) is 11.0. The molecule has 0 aliphatic rings. The van der Waals surface area contributed by atoms with Crippen LogP contribution >= 0.6 is 36.2 Å². The first-order chi connectivity index (χ1) is 9.16. The van der Waals surface area contributed by atoms with Crippen molar-refractivity contribution in [3.8, 4) is 0 Å². The molecule has 0 fully saturated rings. The standard InChI is InChI=1S/C14H17N3OS.2ClH/c1-17(8-12-9-19-10-16-12)14(18)13(15)7-11-5-3-2-4-6-11;;/h2-6,9-10,13H,7-8,15H2,1H3;2*1H. The average Bonchev–Trinajstić information content (AvgIpc) is 2.91. The Bertz CT molecular complexity index is 522. The Hall–Kier alpha value is -1.14. The monoisotopic (exact) mass is 347 g/mol. The largest absolute Gasteiger partial charge is 0.338 e. The molecule has 2 rings (SSSR count). The zero-order valence-electron chi connectivity index (χ0n) is 11.6.